The first kappa shape index (κ1) is 18.7. The Labute approximate surface area is 149 Å². The Hall–Kier alpha value is -2.62. The van der Waals surface area contributed by atoms with Crippen molar-refractivity contribution in [2.75, 3.05) is 13.7 Å². The van der Waals surface area contributed by atoms with Crippen LogP contribution in [0, 0.1) is 0 Å². The van der Waals surface area contributed by atoms with Gasteiger partial charge in [-0.2, -0.15) is 0 Å². The van der Waals surface area contributed by atoms with Crippen LogP contribution >= 0.6 is 0 Å². The highest BCUT2D eigenvalue weighted by Gasteiger charge is 2.17. The zero-order valence-corrected chi connectivity index (χ0v) is 15.1. The Morgan fingerprint density at radius 2 is 1.80 bits per heavy atom. The van der Waals surface area contributed by atoms with Crippen molar-refractivity contribution in [3.05, 3.63) is 65.2 Å². The number of benzene rings is 2. The van der Waals surface area contributed by atoms with E-state index in [0.717, 1.165) is 17.5 Å². The highest BCUT2D eigenvalue weighted by atomic mass is 16.5. The van der Waals surface area contributed by atoms with Crippen molar-refractivity contribution >= 4 is 11.7 Å². The zero-order chi connectivity index (χ0) is 18.2. The first-order valence-corrected chi connectivity index (χ1v) is 8.54. The van der Waals surface area contributed by atoms with Crippen molar-refractivity contribution in [3.63, 3.8) is 0 Å². The number of carbonyl (C=O) groups excluding carboxylic acids is 2. The Kier molecular flexibility index (Phi) is 6.75. The second-order valence-corrected chi connectivity index (χ2v) is 6.06. The maximum atomic E-state index is 12.8. The largest absolute Gasteiger partial charge is 0.496 e. The molecule has 132 valence electrons. The van der Waals surface area contributed by atoms with Crippen LogP contribution in [-0.2, 0) is 17.8 Å². The van der Waals surface area contributed by atoms with Gasteiger partial charge in [-0.05, 0) is 37.1 Å². The third-order valence-corrected chi connectivity index (χ3v) is 4.09. The van der Waals surface area contributed by atoms with E-state index in [1.165, 1.54) is 6.92 Å². The van der Waals surface area contributed by atoms with E-state index in [0.29, 0.717) is 24.4 Å². The highest BCUT2D eigenvalue weighted by Crippen LogP contribution is 2.22. The first-order chi connectivity index (χ1) is 12.0. The minimum absolute atomic E-state index is 0.0222. The van der Waals surface area contributed by atoms with Crippen LogP contribution in [0.2, 0.25) is 0 Å². The van der Waals surface area contributed by atoms with E-state index in [-0.39, 0.29) is 18.1 Å². The van der Waals surface area contributed by atoms with E-state index in [9.17, 15) is 9.59 Å². The van der Waals surface area contributed by atoms with E-state index < -0.39 is 0 Å². The molecule has 0 N–H and O–H groups in total. The lowest BCUT2D eigenvalue weighted by molar-refractivity contribution is -0.131. The van der Waals surface area contributed by atoms with E-state index >= 15 is 0 Å². The van der Waals surface area contributed by atoms with Crippen LogP contribution in [0.1, 0.15) is 41.8 Å². The normalized spacial score (nSPS) is 10.4. The molecule has 0 saturated heterocycles. The van der Waals surface area contributed by atoms with Crippen LogP contribution < -0.4 is 4.74 Å². The van der Waals surface area contributed by atoms with E-state index in [1.807, 2.05) is 35.2 Å². The quantitative estimate of drug-likeness (QED) is 0.686. The van der Waals surface area contributed by atoms with E-state index in [1.54, 1.807) is 25.3 Å². The lowest BCUT2D eigenvalue weighted by Gasteiger charge is -2.23. The number of methoxy groups -OCH3 is 1. The molecule has 2 aromatic carbocycles. The molecule has 0 atom stereocenters. The Bertz CT molecular complexity index is 725. The number of Topliss-reactive ketones (excluding diaryl/α,β-unsaturated/α-hetero) is 1. The van der Waals surface area contributed by atoms with Gasteiger partial charge in [-0.25, -0.2) is 0 Å². The average molecular weight is 339 g/mol. The second kappa shape index (κ2) is 9.02. The summed E-state index contributed by atoms with van der Waals surface area (Å²) >= 11 is 0. The summed E-state index contributed by atoms with van der Waals surface area (Å²) in [6, 6.07) is 15.2. The number of carbonyl (C=O) groups is 2. The van der Waals surface area contributed by atoms with Crippen molar-refractivity contribution in [3.8, 4) is 5.75 Å². The van der Waals surface area contributed by atoms with Crippen LogP contribution in [0.4, 0.5) is 0 Å². The number of hydrogen-bond acceptors (Lipinski definition) is 3. The molecule has 0 aliphatic carbocycles. The molecule has 2 rings (SSSR count). The molecular weight excluding hydrogens is 314 g/mol. The Balaban J connectivity index is 2.19. The van der Waals surface area contributed by atoms with Gasteiger partial charge in [0.1, 0.15) is 5.75 Å². The summed E-state index contributed by atoms with van der Waals surface area (Å²) in [6.07, 6.45) is 1.11. The van der Waals surface area contributed by atoms with Gasteiger partial charge in [0.05, 0.1) is 13.5 Å². The molecule has 0 aliphatic rings. The van der Waals surface area contributed by atoms with Gasteiger partial charge < -0.3 is 9.64 Å². The highest BCUT2D eigenvalue weighted by molar-refractivity contribution is 5.94. The van der Waals surface area contributed by atoms with Gasteiger partial charge in [0, 0.05) is 24.2 Å². The molecule has 0 aliphatic heterocycles. The van der Waals surface area contributed by atoms with Crippen molar-refractivity contribution < 1.29 is 14.3 Å². The SMILES string of the molecule is CCCN(Cc1ccccc1)C(=O)Cc1cc(C(C)=O)ccc1OC. The molecule has 25 heavy (non-hydrogen) atoms. The van der Waals surface area contributed by atoms with Crippen LogP contribution in [0.25, 0.3) is 0 Å². The number of rotatable bonds is 8. The molecule has 0 radical (unpaired) electrons. The monoisotopic (exact) mass is 339 g/mol. The van der Waals surface area contributed by atoms with Crippen molar-refractivity contribution in [2.45, 2.75) is 33.2 Å². The Morgan fingerprint density at radius 3 is 2.40 bits per heavy atom. The molecule has 4 nitrogen and oxygen atoms in total. The summed E-state index contributed by atoms with van der Waals surface area (Å²) in [5.74, 6) is 0.644. The molecule has 2 aromatic rings. The molecule has 1 amide bonds. The fraction of sp³-hybridized carbons (Fsp3) is 0.333. The predicted octanol–water partition coefficient (Wildman–Crippen LogP) is 3.88. The summed E-state index contributed by atoms with van der Waals surface area (Å²) in [5.41, 5.74) is 2.44. The van der Waals surface area contributed by atoms with Crippen molar-refractivity contribution in [1.29, 1.82) is 0 Å². The van der Waals surface area contributed by atoms with Gasteiger partial charge in [-0.3, -0.25) is 9.59 Å². The molecule has 0 spiro atoms. The van der Waals surface area contributed by atoms with Crippen molar-refractivity contribution in [1.82, 2.24) is 4.90 Å². The van der Waals surface area contributed by atoms with Gasteiger partial charge in [-0.15, -0.1) is 0 Å². The lowest BCUT2D eigenvalue weighted by Crippen LogP contribution is -2.32. The molecule has 0 fully saturated rings. The molecule has 0 unspecified atom stereocenters. The number of hydrogen-bond donors (Lipinski definition) is 0. The van der Waals surface area contributed by atoms with E-state index in [4.69, 9.17) is 4.74 Å². The summed E-state index contributed by atoms with van der Waals surface area (Å²) in [7, 11) is 1.57. The summed E-state index contributed by atoms with van der Waals surface area (Å²) in [5, 5.41) is 0. The summed E-state index contributed by atoms with van der Waals surface area (Å²) < 4.78 is 5.36. The first-order valence-electron chi connectivity index (χ1n) is 8.54. The number of amides is 1. The van der Waals surface area contributed by atoms with Gasteiger partial charge in [0.15, 0.2) is 5.78 Å². The van der Waals surface area contributed by atoms with Crippen LogP contribution in [0.5, 0.6) is 5.75 Å². The fourth-order valence-electron chi connectivity index (χ4n) is 2.78. The summed E-state index contributed by atoms with van der Waals surface area (Å²) in [4.78, 5) is 26.3. The number of ether oxygens (including phenoxy) is 1. The van der Waals surface area contributed by atoms with Crippen LogP contribution in [-0.4, -0.2) is 30.2 Å². The molecule has 4 heteroatoms. The van der Waals surface area contributed by atoms with Gasteiger partial charge in [0.2, 0.25) is 5.91 Å². The third-order valence-electron chi connectivity index (χ3n) is 4.09. The smallest absolute Gasteiger partial charge is 0.227 e. The zero-order valence-electron chi connectivity index (χ0n) is 15.1. The van der Waals surface area contributed by atoms with Crippen molar-refractivity contribution in [2.24, 2.45) is 0 Å². The minimum Gasteiger partial charge on any atom is -0.496 e. The number of nitrogens with zero attached hydrogens (tertiary/aromatic N) is 1. The molecule has 0 aromatic heterocycles. The van der Waals surface area contributed by atoms with Crippen LogP contribution in [0.15, 0.2) is 48.5 Å². The van der Waals surface area contributed by atoms with Gasteiger partial charge >= 0.3 is 0 Å². The van der Waals surface area contributed by atoms with E-state index in [2.05, 4.69) is 6.92 Å². The fourth-order valence-corrected chi connectivity index (χ4v) is 2.78. The standard InChI is InChI=1S/C21H25NO3/c1-4-12-22(15-17-8-6-5-7-9-17)21(24)14-19-13-18(16(2)23)10-11-20(19)25-3/h5-11,13H,4,12,14-15H2,1-3H3. The molecule has 0 saturated carbocycles. The minimum atomic E-state index is -0.0222. The van der Waals surface area contributed by atoms with Crippen LogP contribution in [0.3, 0.4) is 0 Å². The second-order valence-electron chi connectivity index (χ2n) is 6.06. The predicted molar refractivity (Wildman–Crippen MR) is 98.9 cm³/mol. The van der Waals surface area contributed by atoms with Gasteiger partial charge in [-0.1, -0.05) is 37.3 Å². The lowest BCUT2D eigenvalue weighted by atomic mass is 10.0. The molecular formula is C21H25NO3. The summed E-state index contributed by atoms with van der Waals surface area (Å²) in [6.45, 7) is 4.86. The molecule has 0 heterocycles. The third kappa shape index (κ3) is 5.18. The maximum absolute atomic E-state index is 12.8. The number of ketones is 1. The van der Waals surface area contributed by atoms with Gasteiger partial charge in [0.25, 0.3) is 0 Å². The average Bonchev–Trinajstić information content (AvgIpc) is 2.62. The topological polar surface area (TPSA) is 46.6 Å². The molecule has 0 bridgehead atoms. The maximum Gasteiger partial charge on any atom is 0.227 e. The Morgan fingerprint density at radius 1 is 1.08 bits per heavy atom.